The van der Waals surface area contributed by atoms with E-state index in [-0.39, 0.29) is 23.9 Å². The van der Waals surface area contributed by atoms with Crippen LogP contribution in [0, 0.1) is 0 Å². The molecule has 3 heterocycles. The van der Waals surface area contributed by atoms with Gasteiger partial charge in [0.15, 0.2) is 22.4 Å². The zero-order valence-electron chi connectivity index (χ0n) is 22.6. The highest BCUT2D eigenvalue weighted by Crippen LogP contribution is 2.33. The molecular formula is C29H36N4O4S. The summed E-state index contributed by atoms with van der Waals surface area (Å²) in [4.78, 5) is 24.8. The second kappa shape index (κ2) is 11.3. The molecular weight excluding hydrogens is 500 g/mol. The molecule has 1 aliphatic heterocycles. The number of hydrogen-bond donors (Lipinski definition) is 1. The van der Waals surface area contributed by atoms with Crippen LogP contribution in [0.25, 0.3) is 0 Å². The molecule has 0 unspecified atom stereocenters. The van der Waals surface area contributed by atoms with Gasteiger partial charge < -0.3 is 24.1 Å². The first-order chi connectivity index (χ1) is 18.3. The summed E-state index contributed by atoms with van der Waals surface area (Å²) in [7, 11) is 2.15. The summed E-state index contributed by atoms with van der Waals surface area (Å²) in [6.07, 6.45) is 6.29. The first-order valence-electron chi connectivity index (χ1n) is 13.3. The summed E-state index contributed by atoms with van der Waals surface area (Å²) < 4.78 is 16.6. The molecule has 38 heavy (non-hydrogen) atoms. The Balaban J connectivity index is 1.22. The molecule has 202 valence electrons. The third-order valence-corrected chi connectivity index (χ3v) is 7.93. The number of nitrogens with one attached hydrogen (secondary N) is 1. The highest BCUT2D eigenvalue weighted by Gasteiger charge is 2.24. The number of rotatable bonds is 8. The highest BCUT2D eigenvalue weighted by molar-refractivity contribution is 7.98. The topological polar surface area (TPSA) is 89.7 Å². The van der Waals surface area contributed by atoms with Gasteiger partial charge in [0, 0.05) is 31.1 Å². The van der Waals surface area contributed by atoms with Gasteiger partial charge in [-0.15, -0.1) is 0 Å². The van der Waals surface area contributed by atoms with Crippen LogP contribution in [-0.2, 0) is 17.7 Å². The molecule has 1 aromatic carbocycles. The number of carbonyl (C=O) groups is 1. The number of fused-ring (bicyclic) bond motifs is 1. The fourth-order valence-corrected chi connectivity index (χ4v) is 5.48. The van der Waals surface area contributed by atoms with E-state index in [1.807, 2.05) is 24.3 Å². The first kappa shape index (κ1) is 26.4. The van der Waals surface area contributed by atoms with Crippen molar-refractivity contribution in [2.75, 3.05) is 18.7 Å². The molecule has 9 heteroatoms. The maximum Gasteiger partial charge on any atom is 0.287 e. The number of amides is 1. The third kappa shape index (κ3) is 6.26. The summed E-state index contributed by atoms with van der Waals surface area (Å²) >= 11 is 1.53. The zero-order valence-corrected chi connectivity index (χ0v) is 23.4. The van der Waals surface area contributed by atoms with Gasteiger partial charge in [0.05, 0.1) is 11.4 Å². The van der Waals surface area contributed by atoms with E-state index in [2.05, 4.69) is 44.1 Å². The standard InChI is InChI=1S/C29H36N4O4S/c1-29(2,3)25-15-26(33(4)20-8-6-5-7-9-20)32-28(31-25)38-17-21-11-13-23(37-21)27(34)30-16-19-10-12-22-24(14-19)36-18-35-22/h10-15,20H,5-9,16-18H2,1-4H3,(H,30,34). The second-order valence-corrected chi connectivity index (χ2v) is 11.9. The largest absolute Gasteiger partial charge is 0.455 e. The third-order valence-electron chi connectivity index (χ3n) is 7.06. The van der Waals surface area contributed by atoms with Crippen molar-refractivity contribution in [2.24, 2.45) is 0 Å². The fourth-order valence-electron chi connectivity index (χ4n) is 4.73. The Morgan fingerprint density at radius 3 is 2.63 bits per heavy atom. The average Bonchev–Trinajstić information content (AvgIpc) is 3.59. The highest BCUT2D eigenvalue weighted by atomic mass is 32.2. The Hall–Kier alpha value is -3.20. The maximum absolute atomic E-state index is 12.7. The van der Waals surface area contributed by atoms with Gasteiger partial charge in [0.1, 0.15) is 11.6 Å². The summed E-state index contributed by atoms with van der Waals surface area (Å²) in [5, 5.41) is 3.63. The van der Waals surface area contributed by atoms with Gasteiger partial charge in [0.25, 0.3) is 5.91 Å². The molecule has 0 radical (unpaired) electrons. The summed E-state index contributed by atoms with van der Waals surface area (Å²) in [5.41, 5.74) is 1.86. The number of hydrogen-bond acceptors (Lipinski definition) is 8. The van der Waals surface area contributed by atoms with Crippen molar-refractivity contribution >= 4 is 23.5 Å². The predicted molar refractivity (Wildman–Crippen MR) is 148 cm³/mol. The quantitative estimate of drug-likeness (QED) is 0.273. The fraction of sp³-hybridized carbons (Fsp3) is 0.483. The molecule has 5 rings (SSSR count). The molecule has 3 aromatic rings. The van der Waals surface area contributed by atoms with E-state index >= 15 is 0 Å². The van der Waals surface area contributed by atoms with Crippen molar-refractivity contribution in [2.45, 2.75) is 81.8 Å². The van der Waals surface area contributed by atoms with Gasteiger partial charge in [-0.25, -0.2) is 9.97 Å². The lowest BCUT2D eigenvalue weighted by Crippen LogP contribution is -2.34. The Morgan fingerprint density at radius 1 is 1.05 bits per heavy atom. The van der Waals surface area contributed by atoms with Crippen LogP contribution >= 0.6 is 11.8 Å². The molecule has 1 N–H and O–H groups in total. The van der Waals surface area contributed by atoms with E-state index < -0.39 is 0 Å². The number of aromatic nitrogens is 2. The van der Waals surface area contributed by atoms with Crippen LogP contribution in [0.2, 0.25) is 0 Å². The van der Waals surface area contributed by atoms with E-state index in [0.717, 1.165) is 28.0 Å². The van der Waals surface area contributed by atoms with E-state index in [1.54, 1.807) is 6.07 Å². The first-order valence-corrected chi connectivity index (χ1v) is 14.3. The molecule has 8 nitrogen and oxygen atoms in total. The number of benzene rings is 1. The van der Waals surface area contributed by atoms with Crippen LogP contribution in [0.4, 0.5) is 5.82 Å². The summed E-state index contributed by atoms with van der Waals surface area (Å²) in [6, 6.07) is 11.8. The lowest BCUT2D eigenvalue weighted by Gasteiger charge is -2.33. The number of carbonyl (C=O) groups excluding carboxylic acids is 1. The lowest BCUT2D eigenvalue weighted by atomic mass is 9.91. The maximum atomic E-state index is 12.7. The molecule has 0 bridgehead atoms. The Labute approximate surface area is 228 Å². The molecule has 1 amide bonds. The minimum atomic E-state index is -0.263. The number of anilines is 1. The predicted octanol–water partition coefficient (Wildman–Crippen LogP) is 6.09. The van der Waals surface area contributed by atoms with Crippen LogP contribution in [0.5, 0.6) is 11.5 Å². The average molecular weight is 537 g/mol. The number of ether oxygens (including phenoxy) is 2. The molecule has 1 aliphatic carbocycles. The molecule has 2 aliphatic rings. The Kier molecular flexibility index (Phi) is 7.83. The van der Waals surface area contributed by atoms with Crippen molar-refractivity contribution in [3.8, 4) is 11.5 Å². The summed E-state index contributed by atoms with van der Waals surface area (Å²) in [6.45, 7) is 7.12. The van der Waals surface area contributed by atoms with Gasteiger partial charge in [-0.2, -0.15) is 0 Å². The van der Waals surface area contributed by atoms with Gasteiger partial charge in [0.2, 0.25) is 6.79 Å². The second-order valence-electron chi connectivity index (χ2n) is 11.0. The van der Waals surface area contributed by atoms with Gasteiger partial charge in [-0.3, -0.25) is 4.79 Å². The molecule has 0 saturated heterocycles. The minimum Gasteiger partial charge on any atom is -0.455 e. The van der Waals surface area contributed by atoms with Crippen LogP contribution in [0.15, 0.2) is 46.0 Å². The van der Waals surface area contributed by atoms with Crippen LogP contribution in [0.3, 0.4) is 0 Å². The normalized spacial score (nSPS) is 15.5. The monoisotopic (exact) mass is 536 g/mol. The SMILES string of the molecule is CN(c1cc(C(C)(C)C)nc(SCc2ccc(C(=O)NCc3ccc4c(c3)OCO4)o2)n1)C1CCCCC1. The molecule has 0 spiro atoms. The van der Waals surface area contributed by atoms with E-state index in [9.17, 15) is 4.79 Å². The van der Waals surface area contributed by atoms with Crippen molar-refractivity contribution < 1.29 is 18.7 Å². The van der Waals surface area contributed by atoms with Crippen LogP contribution in [0.1, 0.15) is 80.4 Å². The number of thioether (sulfide) groups is 1. The van der Waals surface area contributed by atoms with Crippen molar-refractivity contribution in [3.63, 3.8) is 0 Å². The minimum absolute atomic E-state index is 0.0890. The lowest BCUT2D eigenvalue weighted by molar-refractivity contribution is 0.0921. The Morgan fingerprint density at radius 2 is 1.84 bits per heavy atom. The molecule has 2 aromatic heterocycles. The van der Waals surface area contributed by atoms with E-state index in [1.165, 1.54) is 43.9 Å². The molecule has 1 fully saturated rings. The van der Waals surface area contributed by atoms with Gasteiger partial charge >= 0.3 is 0 Å². The van der Waals surface area contributed by atoms with Crippen LogP contribution < -0.4 is 19.7 Å². The molecule has 0 atom stereocenters. The van der Waals surface area contributed by atoms with E-state index in [0.29, 0.717) is 29.8 Å². The number of furan rings is 1. The van der Waals surface area contributed by atoms with Crippen molar-refractivity contribution in [1.82, 2.24) is 15.3 Å². The van der Waals surface area contributed by atoms with E-state index in [4.69, 9.17) is 23.9 Å². The molecule has 1 saturated carbocycles. The van der Waals surface area contributed by atoms with Gasteiger partial charge in [-0.05, 0) is 42.7 Å². The smallest absolute Gasteiger partial charge is 0.287 e. The van der Waals surface area contributed by atoms with Crippen molar-refractivity contribution in [1.29, 1.82) is 0 Å². The van der Waals surface area contributed by atoms with Gasteiger partial charge in [-0.1, -0.05) is 57.9 Å². The number of nitrogens with zero attached hydrogens (tertiary/aromatic N) is 3. The Bertz CT molecular complexity index is 1280. The summed E-state index contributed by atoms with van der Waals surface area (Å²) in [5.74, 6) is 3.65. The van der Waals surface area contributed by atoms with Crippen LogP contribution in [-0.4, -0.2) is 35.8 Å². The van der Waals surface area contributed by atoms with Crippen molar-refractivity contribution in [3.05, 3.63) is 59.2 Å². The zero-order chi connectivity index (χ0) is 26.7.